The van der Waals surface area contributed by atoms with E-state index in [4.69, 9.17) is 30.6 Å². The second kappa shape index (κ2) is 20.4. The van der Waals surface area contributed by atoms with Crippen LogP contribution >= 0.6 is 0 Å². The molecule has 37 heavy (non-hydrogen) atoms. The summed E-state index contributed by atoms with van der Waals surface area (Å²) in [5.41, 5.74) is -2.74. The number of unbranched alkanes of at least 4 members (excludes halogenated alkanes) is 7. The van der Waals surface area contributed by atoms with Crippen LogP contribution in [0.15, 0.2) is 0 Å². The van der Waals surface area contributed by atoms with Crippen molar-refractivity contribution in [3.05, 3.63) is 0 Å². The summed E-state index contributed by atoms with van der Waals surface area (Å²) in [6.07, 6.45) is 4.92. The van der Waals surface area contributed by atoms with Gasteiger partial charge in [0.05, 0.1) is 31.5 Å². The van der Waals surface area contributed by atoms with E-state index in [9.17, 15) is 29.1 Å². The van der Waals surface area contributed by atoms with Gasteiger partial charge in [-0.3, -0.25) is 14.4 Å². The number of ether oxygens (including phenoxy) is 1. The monoisotopic (exact) mass is 538 g/mol. The highest BCUT2D eigenvalue weighted by Gasteiger charge is 2.40. The van der Waals surface area contributed by atoms with Crippen LogP contribution < -0.4 is 0 Å². The van der Waals surface area contributed by atoms with Crippen molar-refractivity contribution in [2.45, 2.75) is 109 Å². The van der Waals surface area contributed by atoms with Crippen LogP contribution in [0.3, 0.4) is 0 Å². The van der Waals surface area contributed by atoms with Crippen molar-refractivity contribution in [1.82, 2.24) is 0 Å². The second-order valence-corrected chi connectivity index (χ2v) is 8.93. The molecule has 0 heterocycles. The summed E-state index contributed by atoms with van der Waals surface area (Å²) in [7, 11) is 0. The molecule has 0 radical (unpaired) electrons. The first-order valence-corrected chi connectivity index (χ1v) is 12.3. The number of carbonyl (C=O) groups is 5. The van der Waals surface area contributed by atoms with E-state index < -0.39 is 73.0 Å². The van der Waals surface area contributed by atoms with E-state index >= 15 is 0 Å². The molecule has 0 aromatic rings. The van der Waals surface area contributed by atoms with Gasteiger partial charge in [0.1, 0.15) is 6.10 Å². The smallest absolute Gasteiger partial charge is 0.342 e. The molecule has 0 bridgehead atoms. The third kappa shape index (κ3) is 19.2. The van der Waals surface area contributed by atoms with E-state index in [-0.39, 0.29) is 6.42 Å². The third-order valence-electron chi connectivity index (χ3n) is 5.33. The zero-order valence-electron chi connectivity index (χ0n) is 21.5. The quantitative estimate of drug-likeness (QED) is 0.0693. The Kier molecular flexibility index (Phi) is 20.2. The highest BCUT2D eigenvalue weighted by atomic mass is 16.6. The molecule has 0 aliphatic heterocycles. The van der Waals surface area contributed by atoms with E-state index in [0.29, 0.717) is 6.42 Å². The van der Waals surface area contributed by atoms with Gasteiger partial charge in [-0.1, -0.05) is 58.3 Å². The van der Waals surface area contributed by atoms with Crippen LogP contribution in [0.1, 0.15) is 90.9 Å². The maximum absolute atomic E-state index is 12.0. The summed E-state index contributed by atoms with van der Waals surface area (Å²) < 4.78 is 4.62. The molecule has 0 aromatic carbocycles. The van der Waals surface area contributed by atoms with Crippen molar-refractivity contribution in [3.63, 3.8) is 0 Å². The molecule has 0 aliphatic carbocycles. The van der Waals surface area contributed by atoms with Crippen LogP contribution in [0.5, 0.6) is 0 Å². The Bertz CT molecular complexity index is 689. The lowest BCUT2D eigenvalue weighted by atomic mass is 9.94. The Morgan fingerprint density at radius 2 is 1.24 bits per heavy atom. The summed E-state index contributed by atoms with van der Waals surface area (Å²) in [6, 6.07) is 0. The van der Waals surface area contributed by atoms with E-state index in [1.807, 2.05) is 0 Å². The van der Waals surface area contributed by atoms with Gasteiger partial charge in [-0.15, -0.1) is 0 Å². The first kappa shape index (κ1) is 36.5. The predicted octanol–water partition coefficient (Wildman–Crippen LogP) is 1.08. The minimum Gasteiger partial charge on any atom is -0.481 e. The molecule has 216 valence electrons. The first-order valence-electron chi connectivity index (χ1n) is 12.3. The zero-order chi connectivity index (χ0) is 29.0. The van der Waals surface area contributed by atoms with Gasteiger partial charge in [-0.2, -0.15) is 0 Å². The van der Waals surface area contributed by atoms with Crippen molar-refractivity contribution in [2.24, 2.45) is 5.92 Å². The average Bonchev–Trinajstić information content (AvgIpc) is 2.78. The largest absolute Gasteiger partial charge is 0.481 e. The molecule has 0 saturated heterocycles. The molecular formula is C24H42O13. The predicted molar refractivity (Wildman–Crippen MR) is 128 cm³/mol. The van der Waals surface area contributed by atoms with E-state index in [0.717, 1.165) is 19.3 Å². The third-order valence-corrected chi connectivity index (χ3v) is 5.33. The minimum absolute atomic E-state index is 0.0545. The molecular weight excluding hydrogens is 496 g/mol. The average molecular weight is 539 g/mol. The molecule has 7 N–H and O–H groups in total. The van der Waals surface area contributed by atoms with Crippen LogP contribution in [0, 0.1) is 5.92 Å². The van der Waals surface area contributed by atoms with Crippen LogP contribution in [0.25, 0.3) is 0 Å². The summed E-state index contributed by atoms with van der Waals surface area (Å²) in [6.45, 7) is 2.97. The fourth-order valence-electron chi connectivity index (χ4n) is 3.24. The van der Waals surface area contributed by atoms with Crippen molar-refractivity contribution in [3.8, 4) is 0 Å². The number of rotatable bonds is 19. The molecule has 0 rings (SSSR count). The number of aliphatic hydroxyl groups is 4. The van der Waals surface area contributed by atoms with Crippen molar-refractivity contribution < 1.29 is 64.5 Å². The summed E-state index contributed by atoms with van der Waals surface area (Å²) in [5.74, 6) is -7.39. The Morgan fingerprint density at radius 1 is 0.784 bits per heavy atom. The molecule has 0 fully saturated rings. The SMILES string of the molecule is CCCCCCCCCCC(CC(O)CO)C(=O)OC(=O)C(C)O.O=C(O)CC(O)(CC(=O)O)C(=O)O. The number of carbonyl (C=O) groups excluding carboxylic acids is 2. The van der Waals surface area contributed by atoms with Crippen molar-refractivity contribution >= 4 is 29.8 Å². The van der Waals surface area contributed by atoms with Gasteiger partial charge in [0.25, 0.3) is 0 Å². The lowest BCUT2D eigenvalue weighted by molar-refractivity contribution is -0.170. The highest BCUT2D eigenvalue weighted by Crippen LogP contribution is 2.19. The van der Waals surface area contributed by atoms with Crippen molar-refractivity contribution in [2.75, 3.05) is 6.61 Å². The molecule has 0 aromatic heterocycles. The Morgan fingerprint density at radius 3 is 1.62 bits per heavy atom. The van der Waals surface area contributed by atoms with E-state index in [1.165, 1.54) is 39.0 Å². The van der Waals surface area contributed by atoms with Crippen LogP contribution in [-0.4, -0.2) is 90.0 Å². The number of aliphatic carboxylic acids is 3. The highest BCUT2D eigenvalue weighted by molar-refractivity contribution is 5.89. The molecule has 3 unspecified atom stereocenters. The Balaban J connectivity index is 0. The molecule has 0 spiro atoms. The molecule has 0 aliphatic rings. The Labute approximate surface area is 216 Å². The lowest BCUT2D eigenvalue weighted by Gasteiger charge is -2.18. The fourth-order valence-corrected chi connectivity index (χ4v) is 3.24. The topological polar surface area (TPSA) is 236 Å². The Hall–Kier alpha value is -2.61. The second-order valence-electron chi connectivity index (χ2n) is 8.93. The lowest BCUT2D eigenvalue weighted by Crippen LogP contribution is -2.42. The summed E-state index contributed by atoms with van der Waals surface area (Å²) in [5, 5.41) is 61.4. The van der Waals surface area contributed by atoms with Gasteiger partial charge in [0, 0.05) is 0 Å². The van der Waals surface area contributed by atoms with Gasteiger partial charge < -0.3 is 40.5 Å². The van der Waals surface area contributed by atoms with Crippen LogP contribution in [-0.2, 0) is 28.7 Å². The van der Waals surface area contributed by atoms with E-state index in [2.05, 4.69) is 11.7 Å². The maximum atomic E-state index is 12.0. The van der Waals surface area contributed by atoms with Gasteiger partial charge in [-0.25, -0.2) is 9.59 Å². The van der Waals surface area contributed by atoms with Crippen molar-refractivity contribution in [1.29, 1.82) is 0 Å². The number of esters is 2. The minimum atomic E-state index is -2.74. The molecule has 13 nitrogen and oxygen atoms in total. The van der Waals surface area contributed by atoms with Gasteiger partial charge in [0.2, 0.25) is 0 Å². The number of hydrogen-bond acceptors (Lipinski definition) is 10. The first-order chi connectivity index (χ1) is 17.2. The summed E-state index contributed by atoms with van der Waals surface area (Å²) in [4.78, 5) is 53.8. The number of carboxylic acid groups (broad SMARTS) is 3. The molecule has 3 atom stereocenters. The van der Waals surface area contributed by atoms with Gasteiger partial charge in [-0.05, 0) is 19.8 Å². The number of aliphatic hydroxyl groups excluding tert-OH is 3. The standard InChI is InChI=1S/C18H34O6.C6H8O7/c1-3-4-5-6-7-8-9-10-11-15(12-16(21)13-19)18(23)24-17(22)14(2)20;7-3(8)1-6(13,5(11)12)2-4(9)10/h14-16,19-21H,3-13H2,1-2H3;13H,1-2H2,(H,7,8)(H,9,10)(H,11,12). The molecule has 0 saturated carbocycles. The number of hydrogen-bond donors (Lipinski definition) is 7. The van der Waals surface area contributed by atoms with Gasteiger partial charge in [0.15, 0.2) is 5.60 Å². The summed E-state index contributed by atoms with van der Waals surface area (Å²) >= 11 is 0. The number of carboxylic acids is 3. The van der Waals surface area contributed by atoms with Crippen LogP contribution in [0.2, 0.25) is 0 Å². The normalized spacial score (nSPS) is 13.5. The van der Waals surface area contributed by atoms with Gasteiger partial charge >= 0.3 is 29.8 Å². The van der Waals surface area contributed by atoms with E-state index in [1.54, 1.807) is 0 Å². The maximum Gasteiger partial charge on any atom is 0.342 e. The molecule has 13 heteroatoms. The molecule has 0 amide bonds. The fraction of sp³-hybridized carbons (Fsp3) is 0.792. The zero-order valence-corrected chi connectivity index (χ0v) is 21.5. The van der Waals surface area contributed by atoms with Crippen LogP contribution in [0.4, 0.5) is 0 Å².